The van der Waals surface area contributed by atoms with Crippen LogP contribution in [0.15, 0.2) is 76.2 Å². The number of rotatable bonds is 6. The first kappa shape index (κ1) is 28.0. The molecule has 0 saturated heterocycles. The lowest BCUT2D eigenvalue weighted by Gasteiger charge is -2.08. The Balaban J connectivity index is 0.000000689. The van der Waals surface area contributed by atoms with Crippen molar-refractivity contribution >= 4 is 34.9 Å². The molecule has 2 aromatic heterocycles. The van der Waals surface area contributed by atoms with Gasteiger partial charge in [0, 0.05) is 41.3 Å². The van der Waals surface area contributed by atoms with E-state index < -0.39 is 0 Å². The fourth-order valence-corrected chi connectivity index (χ4v) is 3.19. The van der Waals surface area contributed by atoms with Crippen molar-refractivity contribution in [2.75, 3.05) is 11.9 Å². The van der Waals surface area contributed by atoms with Crippen LogP contribution in [0.5, 0.6) is 0 Å². The van der Waals surface area contributed by atoms with Crippen molar-refractivity contribution in [3.8, 4) is 6.07 Å². The minimum absolute atomic E-state index is 0.503. The van der Waals surface area contributed by atoms with Crippen molar-refractivity contribution in [1.82, 2.24) is 20.3 Å². The van der Waals surface area contributed by atoms with Crippen LogP contribution in [0.2, 0.25) is 0 Å². The molecule has 33 heavy (non-hydrogen) atoms. The summed E-state index contributed by atoms with van der Waals surface area (Å²) in [6, 6.07) is 7.94. The lowest BCUT2D eigenvalue weighted by molar-refractivity contribution is 0.971. The summed E-state index contributed by atoms with van der Waals surface area (Å²) in [5.74, 6) is 0.504. The summed E-state index contributed by atoms with van der Waals surface area (Å²) in [7, 11) is 0. The third-order valence-electron chi connectivity index (χ3n) is 3.98. The van der Waals surface area contributed by atoms with Crippen LogP contribution in [0.25, 0.3) is 5.57 Å². The van der Waals surface area contributed by atoms with Gasteiger partial charge in [0.15, 0.2) is 0 Å². The van der Waals surface area contributed by atoms with E-state index in [-0.39, 0.29) is 0 Å². The standard InChI is InChI=1S/C19H18N6S.C4H7Cl.C2H6/c1-2-4-15-13-26-18(24-15)16(11-20)17-7-10-23-19(25-17)22-9-6-14-5-3-8-21-12-14;1-3-4(2)5;1-2/h2-5,7-8,10,12-13,24H,6,9H2,1H3,(H,22,23,25);3H,1-2H3;1-2H3/b4-2+,18-16-;4-3+;. The van der Waals surface area contributed by atoms with Gasteiger partial charge in [-0.1, -0.05) is 55.4 Å². The summed E-state index contributed by atoms with van der Waals surface area (Å²) < 4.78 is 0. The molecular formula is C25H31ClN6S. The molecular weight excluding hydrogens is 452 g/mol. The van der Waals surface area contributed by atoms with E-state index in [4.69, 9.17) is 11.6 Å². The highest BCUT2D eigenvalue weighted by Crippen LogP contribution is 2.31. The molecule has 0 spiro atoms. The Bertz CT molecular complexity index is 1020. The molecule has 3 heterocycles. The van der Waals surface area contributed by atoms with Crippen LogP contribution in [0.4, 0.5) is 5.95 Å². The molecule has 2 N–H and O–H groups in total. The molecule has 0 bridgehead atoms. The molecule has 0 radical (unpaired) electrons. The largest absolute Gasteiger partial charge is 0.354 e. The van der Waals surface area contributed by atoms with Crippen LogP contribution < -0.4 is 10.6 Å². The maximum Gasteiger partial charge on any atom is 0.223 e. The predicted octanol–water partition coefficient (Wildman–Crippen LogP) is 6.65. The zero-order chi connectivity index (χ0) is 24.5. The second kappa shape index (κ2) is 16.5. The second-order valence-electron chi connectivity index (χ2n) is 6.31. The number of hydrogen-bond donors (Lipinski definition) is 2. The van der Waals surface area contributed by atoms with Gasteiger partial charge < -0.3 is 10.6 Å². The van der Waals surface area contributed by atoms with Crippen LogP contribution in [-0.4, -0.2) is 21.5 Å². The quantitative estimate of drug-likeness (QED) is 0.445. The van der Waals surface area contributed by atoms with Crippen molar-refractivity contribution in [2.45, 2.75) is 41.0 Å². The van der Waals surface area contributed by atoms with E-state index in [9.17, 15) is 5.26 Å². The Labute approximate surface area is 206 Å². The van der Waals surface area contributed by atoms with Crippen LogP contribution in [0, 0.1) is 11.3 Å². The third-order valence-corrected chi connectivity index (χ3v) is 5.11. The number of thioether (sulfide) groups is 1. The Morgan fingerprint density at radius 3 is 2.64 bits per heavy atom. The van der Waals surface area contributed by atoms with Crippen molar-refractivity contribution in [3.63, 3.8) is 0 Å². The van der Waals surface area contributed by atoms with Gasteiger partial charge >= 0.3 is 0 Å². The van der Waals surface area contributed by atoms with E-state index in [1.54, 1.807) is 18.5 Å². The normalized spacial score (nSPS) is 14.1. The lowest BCUT2D eigenvalue weighted by atomic mass is 10.2. The van der Waals surface area contributed by atoms with Crippen LogP contribution >= 0.6 is 23.4 Å². The summed E-state index contributed by atoms with van der Waals surface area (Å²) in [5.41, 5.74) is 3.20. The van der Waals surface area contributed by atoms with E-state index in [0.29, 0.717) is 23.8 Å². The molecule has 2 aromatic rings. The molecule has 0 aromatic carbocycles. The van der Waals surface area contributed by atoms with E-state index in [2.05, 4.69) is 31.7 Å². The molecule has 0 atom stereocenters. The zero-order valence-corrected chi connectivity index (χ0v) is 21.3. The van der Waals surface area contributed by atoms with Gasteiger partial charge in [-0.15, -0.1) is 0 Å². The van der Waals surface area contributed by atoms with Crippen molar-refractivity contribution in [1.29, 1.82) is 5.26 Å². The highest BCUT2D eigenvalue weighted by atomic mass is 35.5. The second-order valence-corrected chi connectivity index (χ2v) is 7.79. The van der Waals surface area contributed by atoms with Crippen molar-refractivity contribution in [3.05, 3.63) is 87.4 Å². The van der Waals surface area contributed by atoms with Gasteiger partial charge in [-0.05, 0) is 51.0 Å². The molecule has 0 amide bonds. The van der Waals surface area contributed by atoms with E-state index in [0.717, 1.165) is 27.7 Å². The molecule has 174 valence electrons. The van der Waals surface area contributed by atoms with Gasteiger partial charge in [0.1, 0.15) is 11.6 Å². The topological polar surface area (TPSA) is 86.5 Å². The number of aromatic nitrogens is 3. The maximum absolute atomic E-state index is 9.58. The summed E-state index contributed by atoms with van der Waals surface area (Å²) >= 11 is 6.81. The fourth-order valence-electron chi connectivity index (χ4n) is 2.37. The van der Waals surface area contributed by atoms with Crippen LogP contribution in [0.1, 0.15) is 45.9 Å². The van der Waals surface area contributed by atoms with Crippen molar-refractivity contribution < 1.29 is 0 Å². The number of halogens is 1. The number of anilines is 1. The smallest absolute Gasteiger partial charge is 0.223 e. The lowest BCUT2D eigenvalue weighted by Crippen LogP contribution is -2.10. The van der Waals surface area contributed by atoms with Gasteiger partial charge in [0.05, 0.1) is 10.7 Å². The van der Waals surface area contributed by atoms with Crippen LogP contribution in [0.3, 0.4) is 0 Å². The van der Waals surface area contributed by atoms with Crippen molar-refractivity contribution in [2.24, 2.45) is 0 Å². The Morgan fingerprint density at radius 1 is 1.27 bits per heavy atom. The molecule has 0 aliphatic carbocycles. The van der Waals surface area contributed by atoms with Gasteiger partial charge in [0.2, 0.25) is 5.95 Å². The highest BCUT2D eigenvalue weighted by molar-refractivity contribution is 8.06. The summed E-state index contributed by atoms with van der Waals surface area (Å²) in [5, 5.41) is 19.6. The zero-order valence-electron chi connectivity index (χ0n) is 19.8. The first-order chi connectivity index (χ1) is 16.1. The Morgan fingerprint density at radius 2 is 2.03 bits per heavy atom. The van der Waals surface area contributed by atoms with E-state index in [1.165, 1.54) is 11.8 Å². The van der Waals surface area contributed by atoms with Gasteiger partial charge in [0.25, 0.3) is 0 Å². The minimum atomic E-state index is 0.503. The van der Waals surface area contributed by atoms with Gasteiger partial charge in [-0.2, -0.15) is 5.26 Å². The molecule has 3 rings (SSSR count). The monoisotopic (exact) mass is 482 g/mol. The van der Waals surface area contributed by atoms with E-state index in [1.807, 2.05) is 76.6 Å². The molecule has 1 aliphatic rings. The molecule has 0 unspecified atom stereocenters. The number of allylic oxidation sites excluding steroid dienone is 5. The SMILES string of the molecule is C/C=C(\C)Cl.C/C=C/C1=CS/C(=C(/C#N)c2ccnc(NCCc3cccnc3)n2)N1.CC. The summed E-state index contributed by atoms with van der Waals surface area (Å²) in [6.45, 7) is 10.4. The Kier molecular flexibility index (Phi) is 14.0. The third kappa shape index (κ3) is 10.4. The average molecular weight is 483 g/mol. The number of pyridine rings is 1. The minimum Gasteiger partial charge on any atom is -0.354 e. The predicted molar refractivity (Wildman–Crippen MR) is 141 cm³/mol. The summed E-state index contributed by atoms with van der Waals surface area (Å²) in [4.78, 5) is 12.8. The Hall–Kier alpha value is -3.08. The molecule has 0 saturated carbocycles. The van der Waals surface area contributed by atoms with E-state index >= 15 is 0 Å². The average Bonchev–Trinajstić information content (AvgIpc) is 3.31. The van der Waals surface area contributed by atoms with Gasteiger partial charge in [-0.25, -0.2) is 9.97 Å². The molecule has 0 fully saturated rings. The van der Waals surface area contributed by atoms with Gasteiger partial charge in [-0.3, -0.25) is 4.98 Å². The maximum atomic E-state index is 9.58. The number of nitrogens with one attached hydrogen (secondary N) is 2. The summed E-state index contributed by atoms with van der Waals surface area (Å²) in [6.07, 6.45) is 11.8. The number of nitrogens with zero attached hydrogens (tertiary/aromatic N) is 4. The highest BCUT2D eigenvalue weighted by Gasteiger charge is 2.16. The van der Waals surface area contributed by atoms with Crippen LogP contribution in [-0.2, 0) is 6.42 Å². The molecule has 1 aliphatic heterocycles. The first-order valence-corrected chi connectivity index (χ1v) is 12.0. The number of hydrogen-bond acceptors (Lipinski definition) is 7. The number of nitriles is 1. The fraction of sp³-hybridized carbons (Fsp3) is 0.280. The first-order valence-electron chi connectivity index (χ1n) is 10.7. The molecule has 6 nitrogen and oxygen atoms in total. The molecule has 8 heteroatoms.